The number of hydrogen-bond donors (Lipinski definition) is 2. The van der Waals surface area contributed by atoms with Gasteiger partial charge in [0, 0.05) is 28.7 Å². The number of morpholine rings is 1. The van der Waals surface area contributed by atoms with Crippen molar-refractivity contribution in [2.24, 2.45) is 0 Å². The molecule has 1 saturated heterocycles. The van der Waals surface area contributed by atoms with Gasteiger partial charge in [-0.2, -0.15) is 0 Å². The van der Waals surface area contributed by atoms with E-state index in [2.05, 4.69) is 36.2 Å². The molecule has 3 heterocycles. The molecular weight excluding hydrogens is 461 g/mol. The number of hydrogen-bond acceptors (Lipinski definition) is 6. The fourth-order valence-electron chi connectivity index (χ4n) is 3.83. The third kappa shape index (κ3) is 3.89. The molecule has 2 aromatic carbocycles. The number of nitrogens with zero attached hydrogens (tertiary/aromatic N) is 3. The molecule has 31 heavy (non-hydrogen) atoms. The SMILES string of the molecule is Nc1ncnc2nc(-c3ccc(C4CNCCO4)c(F)c3)cc(-c3cccc(Br)c3)c12. The number of aromatic nitrogens is 3. The van der Waals surface area contributed by atoms with Crippen LogP contribution in [-0.2, 0) is 4.74 Å². The molecule has 0 radical (unpaired) electrons. The molecule has 1 fully saturated rings. The number of benzene rings is 2. The lowest BCUT2D eigenvalue weighted by atomic mass is 9.98. The minimum absolute atomic E-state index is 0.294. The van der Waals surface area contributed by atoms with E-state index < -0.39 is 0 Å². The van der Waals surface area contributed by atoms with Crippen molar-refractivity contribution < 1.29 is 9.13 Å². The van der Waals surface area contributed by atoms with E-state index in [4.69, 9.17) is 10.5 Å². The van der Waals surface area contributed by atoms with Crippen LogP contribution >= 0.6 is 15.9 Å². The molecule has 0 aliphatic carbocycles. The van der Waals surface area contributed by atoms with Gasteiger partial charge in [-0.05, 0) is 35.4 Å². The van der Waals surface area contributed by atoms with Crippen LogP contribution in [0.15, 0.2) is 59.3 Å². The smallest absolute Gasteiger partial charge is 0.165 e. The predicted molar refractivity (Wildman–Crippen MR) is 122 cm³/mol. The monoisotopic (exact) mass is 479 g/mol. The van der Waals surface area contributed by atoms with Crippen LogP contribution < -0.4 is 11.1 Å². The van der Waals surface area contributed by atoms with Gasteiger partial charge in [0.25, 0.3) is 0 Å². The van der Waals surface area contributed by atoms with E-state index >= 15 is 0 Å². The predicted octanol–water partition coefficient (Wildman–Crippen LogP) is 4.50. The summed E-state index contributed by atoms with van der Waals surface area (Å²) in [5.41, 5.74) is 10.2. The van der Waals surface area contributed by atoms with Gasteiger partial charge in [-0.3, -0.25) is 0 Å². The minimum atomic E-state index is -0.320. The molecule has 0 bridgehead atoms. The van der Waals surface area contributed by atoms with Crippen LogP contribution in [0.4, 0.5) is 10.2 Å². The highest BCUT2D eigenvalue weighted by Gasteiger charge is 2.20. The maximum absolute atomic E-state index is 15.0. The number of fused-ring (bicyclic) bond motifs is 1. The number of nitrogens with two attached hydrogens (primary N) is 1. The van der Waals surface area contributed by atoms with Gasteiger partial charge in [-0.1, -0.05) is 40.2 Å². The maximum atomic E-state index is 15.0. The summed E-state index contributed by atoms with van der Waals surface area (Å²) in [5, 5.41) is 3.90. The van der Waals surface area contributed by atoms with E-state index in [-0.39, 0.29) is 11.9 Å². The third-order valence-corrected chi connectivity index (χ3v) is 5.83. The van der Waals surface area contributed by atoms with Crippen LogP contribution in [0.5, 0.6) is 0 Å². The standard InChI is InChI=1S/C23H19BrFN5O/c24-15-3-1-2-13(8-15)17-10-19(30-23-21(17)22(26)28-12-29-23)14-4-5-16(18(25)9-14)20-11-27-6-7-31-20/h1-5,8-10,12,20,27H,6-7,11H2,(H2,26,28,29,30). The maximum Gasteiger partial charge on any atom is 0.165 e. The Morgan fingerprint density at radius 3 is 2.77 bits per heavy atom. The first-order chi connectivity index (χ1) is 15.1. The van der Waals surface area contributed by atoms with Gasteiger partial charge < -0.3 is 15.8 Å². The Bertz CT molecular complexity index is 1280. The average Bonchev–Trinajstić information content (AvgIpc) is 2.79. The molecular formula is C23H19BrFN5O. The minimum Gasteiger partial charge on any atom is -0.383 e. The molecule has 6 nitrogen and oxygen atoms in total. The van der Waals surface area contributed by atoms with Gasteiger partial charge in [0.15, 0.2) is 5.65 Å². The van der Waals surface area contributed by atoms with Crippen LogP contribution in [0.2, 0.25) is 0 Å². The summed E-state index contributed by atoms with van der Waals surface area (Å²) in [6.45, 7) is 1.93. The molecule has 2 aromatic heterocycles. The van der Waals surface area contributed by atoms with E-state index in [1.54, 1.807) is 6.07 Å². The molecule has 0 spiro atoms. The molecule has 156 valence electrons. The van der Waals surface area contributed by atoms with Crippen molar-refractivity contribution in [3.05, 3.63) is 70.7 Å². The zero-order valence-corrected chi connectivity index (χ0v) is 18.1. The van der Waals surface area contributed by atoms with Gasteiger partial charge in [0.1, 0.15) is 18.0 Å². The van der Waals surface area contributed by atoms with Crippen molar-refractivity contribution in [3.63, 3.8) is 0 Å². The van der Waals surface area contributed by atoms with Crippen LogP contribution in [0.3, 0.4) is 0 Å². The molecule has 5 rings (SSSR count). The van der Waals surface area contributed by atoms with Crippen LogP contribution in [-0.4, -0.2) is 34.6 Å². The summed E-state index contributed by atoms with van der Waals surface area (Å²) in [7, 11) is 0. The van der Waals surface area contributed by atoms with Crippen molar-refractivity contribution >= 4 is 32.8 Å². The Balaban J connectivity index is 1.65. The lowest BCUT2D eigenvalue weighted by Gasteiger charge is -2.24. The van der Waals surface area contributed by atoms with Crippen molar-refractivity contribution in [1.82, 2.24) is 20.3 Å². The molecule has 1 aliphatic heterocycles. The van der Waals surface area contributed by atoms with Crippen molar-refractivity contribution in [1.29, 1.82) is 0 Å². The highest BCUT2D eigenvalue weighted by molar-refractivity contribution is 9.10. The number of anilines is 1. The Labute approximate surface area is 186 Å². The van der Waals surface area contributed by atoms with E-state index in [1.807, 2.05) is 36.4 Å². The molecule has 1 atom stereocenters. The lowest BCUT2D eigenvalue weighted by Crippen LogP contribution is -2.33. The highest BCUT2D eigenvalue weighted by Crippen LogP contribution is 2.35. The largest absolute Gasteiger partial charge is 0.383 e. The number of halogens is 2. The summed E-state index contributed by atoms with van der Waals surface area (Å²) < 4.78 is 21.6. The Hall–Kier alpha value is -2.94. The van der Waals surface area contributed by atoms with E-state index in [1.165, 1.54) is 12.4 Å². The molecule has 4 aromatic rings. The second-order valence-corrected chi connectivity index (χ2v) is 8.24. The summed E-state index contributed by atoms with van der Waals surface area (Å²) in [6, 6.07) is 14.9. The topological polar surface area (TPSA) is 86.0 Å². The van der Waals surface area contributed by atoms with Crippen LogP contribution in [0.25, 0.3) is 33.4 Å². The molecule has 1 unspecified atom stereocenters. The summed E-state index contributed by atoms with van der Waals surface area (Å²) >= 11 is 3.52. The van der Waals surface area contributed by atoms with E-state index in [9.17, 15) is 4.39 Å². The number of pyridine rings is 1. The Kier molecular flexibility index (Phi) is 5.35. The van der Waals surface area contributed by atoms with Gasteiger partial charge >= 0.3 is 0 Å². The summed E-state index contributed by atoms with van der Waals surface area (Å²) in [4.78, 5) is 13.1. The fraction of sp³-hybridized carbons (Fsp3) is 0.174. The first-order valence-corrected chi connectivity index (χ1v) is 10.7. The van der Waals surface area contributed by atoms with Gasteiger partial charge in [-0.25, -0.2) is 19.3 Å². The zero-order chi connectivity index (χ0) is 21.4. The second kappa shape index (κ2) is 8.30. The first-order valence-electron chi connectivity index (χ1n) is 9.89. The van der Waals surface area contributed by atoms with Crippen LogP contribution in [0, 0.1) is 5.82 Å². The Morgan fingerprint density at radius 2 is 2.00 bits per heavy atom. The number of nitrogen functional groups attached to an aromatic ring is 1. The van der Waals surface area contributed by atoms with Gasteiger partial charge in [-0.15, -0.1) is 0 Å². The average molecular weight is 480 g/mol. The molecule has 8 heteroatoms. The van der Waals surface area contributed by atoms with Crippen molar-refractivity contribution in [2.45, 2.75) is 6.10 Å². The highest BCUT2D eigenvalue weighted by atomic mass is 79.9. The lowest BCUT2D eigenvalue weighted by molar-refractivity contribution is 0.0255. The van der Waals surface area contributed by atoms with Crippen molar-refractivity contribution in [3.8, 4) is 22.4 Å². The van der Waals surface area contributed by atoms with E-state index in [0.29, 0.717) is 46.8 Å². The molecule has 0 amide bonds. The third-order valence-electron chi connectivity index (χ3n) is 5.34. The number of ether oxygens (including phenoxy) is 1. The first kappa shape index (κ1) is 20.0. The molecule has 0 saturated carbocycles. The summed E-state index contributed by atoms with van der Waals surface area (Å²) in [5.74, 6) is 0.0294. The number of rotatable bonds is 3. The summed E-state index contributed by atoms with van der Waals surface area (Å²) in [6.07, 6.45) is 1.09. The Morgan fingerprint density at radius 1 is 1.10 bits per heavy atom. The van der Waals surface area contributed by atoms with E-state index in [0.717, 1.165) is 22.1 Å². The quantitative estimate of drug-likeness (QED) is 0.449. The van der Waals surface area contributed by atoms with Gasteiger partial charge in [0.05, 0.1) is 23.8 Å². The zero-order valence-electron chi connectivity index (χ0n) is 16.5. The molecule has 3 N–H and O–H groups in total. The molecule has 1 aliphatic rings. The van der Waals surface area contributed by atoms with Crippen LogP contribution in [0.1, 0.15) is 11.7 Å². The number of nitrogens with one attached hydrogen (secondary N) is 1. The fourth-order valence-corrected chi connectivity index (χ4v) is 4.23. The van der Waals surface area contributed by atoms with Gasteiger partial charge in [0.2, 0.25) is 0 Å². The normalized spacial score (nSPS) is 16.5. The second-order valence-electron chi connectivity index (χ2n) is 7.32. The van der Waals surface area contributed by atoms with Crippen molar-refractivity contribution in [2.75, 3.05) is 25.4 Å².